The lowest BCUT2D eigenvalue weighted by atomic mass is 9.81. The van der Waals surface area contributed by atoms with Crippen LogP contribution in [0.1, 0.15) is 45.4 Å². The summed E-state index contributed by atoms with van der Waals surface area (Å²) in [4.78, 5) is 5.13. The monoisotopic (exact) mass is 284 g/mol. The smallest absolute Gasteiger partial charge is 0.0254 e. The van der Waals surface area contributed by atoms with Gasteiger partial charge in [0.25, 0.3) is 0 Å². The van der Waals surface area contributed by atoms with Crippen LogP contribution >= 0.6 is 12.6 Å². The highest BCUT2D eigenvalue weighted by atomic mass is 32.1. The molecule has 0 spiro atoms. The Morgan fingerprint density at radius 3 is 2.21 bits per heavy atom. The fraction of sp³-hybridized carbons (Fsp3) is 1.00. The van der Waals surface area contributed by atoms with Crippen LogP contribution in [0.5, 0.6) is 0 Å². The molecule has 1 aliphatic carbocycles. The van der Waals surface area contributed by atoms with Crippen molar-refractivity contribution in [3.63, 3.8) is 0 Å². The van der Waals surface area contributed by atoms with E-state index in [0.717, 1.165) is 17.7 Å². The molecule has 1 saturated carbocycles. The number of hydrogen-bond acceptors (Lipinski definition) is 3. The van der Waals surface area contributed by atoms with Crippen molar-refractivity contribution in [1.29, 1.82) is 0 Å². The molecule has 0 aromatic heterocycles. The maximum atomic E-state index is 4.72. The quantitative estimate of drug-likeness (QED) is 0.626. The predicted molar refractivity (Wildman–Crippen MR) is 87.1 cm³/mol. The molecule has 2 atom stereocenters. The maximum absolute atomic E-state index is 4.72. The van der Waals surface area contributed by atoms with E-state index in [-0.39, 0.29) is 0 Å². The first kappa shape index (κ1) is 15.7. The highest BCUT2D eigenvalue weighted by Crippen LogP contribution is 2.38. The molecule has 19 heavy (non-hydrogen) atoms. The van der Waals surface area contributed by atoms with Gasteiger partial charge in [-0.15, -0.1) is 0 Å². The van der Waals surface area contributed by atoms with Crippen LogP contribution in [-0.2, 0) is 0 Å². The molecule has 2 unspecified atom stereocenters. The van der Waals surface area contributed by atoms with Gasteiger partial charge in [-0.2, -0.15) is 12.6 Å². The van der Waals surface area contributed by atoms with E-state index in [1.807, 2.05) is 0 Å². The molecule has 1 aliphatic heterocycles. The van der Waals surface area contributed by atoms with Gasteiger partial charge in [0.1, 0.15) is 0 Å². The third kappa shape index (κ3) is 3.89. The Hall–Kier alpha value is 0.270. The average molecular weight is 285 g/mol. The van der Waals surface area contributed by atoms with Crippen molar-refractivity contribution in [2.24, 2.45) is 11.3 Å². The minimum absolute atomic E-state index is 0.501. The summed E-state index contributed by atoms with van der Waals surface area (Å²) < 4.78 is 0. The molecule has 2 nitrogen and oxygen atoms in total. The highest BCUT2D eigenvalue weighted by molar-refractivity contribution is 7.80. The first-order chi connectivity index (χ1) is 9.06. The molecule has 0 aromatic rings. The SMILES string of the molecule is CC1CN(CC2(CS)CCCCCC2)CC1N(C)C. The van der Waals surface area contributed by atoms with Crippen molar-refractivity contribution in [2.45, 2.75) is 51.5 Å². The van der Waals surface area contributed by atoms with Gasteiger partial charge in [0.15, 0.2) is 0 Å². The summed E-state index contributed by atoms with van der Waals surface area (Å²) in [6.07, 6.45) is 8.50. The van der Waals surface area contributed by atoms with Crippen LogP contribution in [0.4, 0.5) is 0 Å². The van der Waals surface area contributed by atoms with Crippen molar-refractivity contribution in [1.82, 2.24) is 9.80 Å². The van der Waals surface area contributed by atoms with Gasteiger partial charge < -0.3 is 9.80 Å². The third-order valence-corrected chi connectivity index (χ3v) is 6.04. The summed E-state index contributed by atoms with van der Waals surface area (Å²) in [6, 6.07) is 0.739. The topological polar surface area (TPSA) is 6.48 Å². The van der Waals surface area contributed by atoms with E-state index in [9.17, 15) is 0 Å². The average Bonchev–Trinajstić information content (AvgIpc) is 2.60. The number of likely N-dealkylation sites (tertiary alicyclic amines) is 1. The zero-order valence-corrected chi connectivity index (χ0v) is 14.0. The van der Waals surface area contributed by atoms with Crippen molar-refractivity contribution >= 4 is 12.6 Å². The van der Waals surface area contributed by atoms with Gasteiger partial charge in [-0.3, -0.25) is 0 Å². The van der Waals surface area contributed by atoms with E-state index in [1.54, 1.807) is 0 Å². The molecule has 0 aromatic carbocycles. The fourth-order valence-electron chi connectivity index (χ4n) is 4.17. The van der Waals surface area contributed by atoms with Crippen LogP contribution in [0.2, 0.25) is 0 Å². The molecule has 0 radical (unpaired) electrons. The van der Waals surface area contributed by atoms with Gasteiger partial charge >= 0.3 is 0 Å². The molecular formula is C16H32N2S. The Bertz CT molecular complexity index is 272. The van der Waals surface area contributed by atoms with E-state index in [1.165, 1.54) is 58.2 Å². The minimum Gasteiger partial charge on any atom is -0.305 e. The number of thiol groups is 1. The normalized spacial score (nSPS) is 32.7. The second kappa shape index (κ2) is 6.82. The van der Waals surface area contributed by atoms with E-state index in [4.69, 9.17) is 12.6 Å². The van der Waals surface area contributed by atoms with Gasteiger partial charge in [-0.25, -0.2) is 0 Å². The van der Waals surface area contributed by atoms with Crippen LogP contribution in [0.3, 0.4) is 0 Å². The van der Waals surface area contributed by atoms with E-state index in [2.05, 4.69) is 30.8 Å². The van der Waals surface area contributed by atoms with Crippen LogP contribution in [0, 0.1) is 11.3 Å². The molecule has 3 heteroatoms. The van der Waals surface area contributed by atoms with E-state index < -0.39 is 0 Å². The maximum Gasteiger partial charge on any atom is 0.0254 e. The lowest BCUT2D eigenvalue weighted by Crippen LogP contribution is -2.39. The Labute approximate surface area is 125 Å². The summed E-state index contributed by atoms with van der Waals surface area (Å²) in [5.74, 6) is 1.88. The lowest BCUT2D eigenvalue weighted by molar-refractivity contribution is 0.164. The molecule has 112 valence electrons. The third-order valence-electron chi connectivity index (χ3n) is 5.37. The number of nitrogens with zero attached hydrogens (tertiary/aromatic N) is 2. The lowest BCUT2D eigenvalue weighted by Gasteiger charge is -2.35. The molecule has 0 amide bonds. The molecule has 2 rings (SSSR count). The minimum atomic E-state index is 0.501. The fourth-order valence-corrected chi connectivity index (χ4v) is 4.58. The van der Waals surface area contributed by atoms with Crippen molar-refractivity contribution in [3.05, 3.63) is 0 Å². The molecule has 0 bridgehead atoms. The van der Waals surface area contributed by atoms with Gasteiger partial charge in [0.2, 0.25) is 0 Å². The van der Waals surface area contributed by atoms with Gasteiger partial charge in [0.05, 0.1) is 0 Å². The molecule has 1 saturated heterocycles. The number of hydrogen-bond donors (Lipinski definition) is 1. The summed E-state index contributed by atoms with van der Waals surface area (Å²) in [5.41, 5.74) is 0.501. The van der Waals surface area contributed by atoms with Crippen LogP contribution in [-0.4, -0.2) is 55.3 Å². The summed E-state index contributed by atoms with van der Waals surface area (Å²) in [6.45, 7) is 6.22. The van der Waals surface area contributed by atoms with E-state index >= 15 is 0 Å². The summed E-state index contributed by atoms with van der Waals surface area (Å²) >= 11 is 4.72. The molecule has 0 N–H and O–H groups in total. The Morgan fingerprint density at radius 2 is 1.74 bits per heavy atom. The molecule has 1 heterocycles. The Balaban J connectivity index is 1.95. The predicted octanol–water partition coefficient (Wildman–Crippen LogP) is 3.14. The van der Waals surface area contributed by atoms with Crippen LogP contribution < -0.4 is 0 Å². The largest absolute Gasteiger partial charge is 0.305 e. The van der Waals surface area contributed by atoms with Crippen LogP contribution in [0.25, 0.3) is 0 Å². The van der Waals surface area contributed by atoms with Gasteiger partial charge in [0, 0.05) is 25.7 Å². The molecule has 2 aliphatic rings. The first-order valence-corrected chi connectivity index (χ1v) is 8.69. The summed E-state index contributed by atoms with van der Waals surface area (Å²) in [5, 5.41) is 0. The second-order valence-electron chi connectivity index (χ2n) is 7.27. The molecule has 2 fully saturated rings. The molecular weight excluding hydrogens is 252 g/mol. The van der Waals surface area contributed by atoms with Crippen molar-refractivity contribution < 1.29 is 0 Å². The summed E-state index contributed by atoms with van der Waals surface area (Å²) in [7, 11) is 4.45. The van der Waals surface area contributed by atoms with Crippen molar-refractivity contribution in [3.8, 4) is 0 Å². The number of likely N-dealkylation sites (N-methyl/N-ethyl adjacent to an activating group) is 1. The zero-order valence-electron chi connectivity index (χ0n) is 13.1. The first-order valence-electron chi connectivity index (χ1n) is 8.06. The van der Waals surface area contributed by atoms with Gasteiger partial charge in [-0.05, 0) is 44.0 Å². The van der Waals surface area contributed by atoms with E-state index in [0.29, 0.717) is 5.41 Å². The zero-order chi connectivity index (χ0) is 13.9. The number of rotatable bonds is 4. The Kier molecular flexibility index (Phi) is 5.62. The van der Waals surface area contributed by atoms with Crippen molar-refractivity contribution in [2.75, 3.05) is 39.5 Å². The standard InChI is InChI=1S/C16H32N2S/c1-14-10-18(11-15(14)17(2)3)12-16(13-19)8-6-4-5-7-9-16/h14-15,19H,4-13H2,1-3H3. The Morgan fingerprint density at radius 1 is 1.11 bits per heavy atom. The highest BCUT2D eigenvalue weighted by Gasteiger charge is 2.37. The van der Waals surface area contributed by atoms with Crippen LogP contribution in [0.15, 0.2) is 0 Å². The van der Waals surface area contributed by atoms with Gasteiger partial charge in [-0.1, -0.05) is 32.6 Å². The second-order valence-corrected chi connectivity index (χ2v) is 7.59.